The first-order valence-electron chi connectivity index (χ1n) is 3.30. The van der Waals surface area contributed by atoms with Crippen molar-refractivity contribution < 1.29 is 9.59 Å². The van der Waals surface area contributed by atoms with E-state index in [2.05, 4.69) is 0 Å². The molecule has 2 N–H and O–H groups in total. The van der Waals surface area contributed by atoms with Gasteiger partial charge in [0.2, 0.25) is 12.2 Å². The van der Waals surface area contributed by atoms with E-state index < -0.39 is 5.91 Å². The Hall–Kier alpha value is -0.860. The van der Waals surface area contributed by atoms with Gasteiger partial charge in [-0.15, -0.1) is 0 Å². The van der Waals surface area contributed by atoms with E-state index in [1.165, 1.54) is 0 Å². The van der Waals surface area contributed by atoms with E-state index >= 15 is 0 Å². The van der Waals surface area contributed by atoms with Crippen molar-refractivity contribution >= 4 is 12.2 Å². The fourth-order valence-corrected chi connectivity index (χ4v) is 0.883. The molecule has 0 aromatic rings. The van der Waals surface area contributed by atoms with Crippen molar-refractivity contribution in [1.82, 2.24) is 0 Å². The van der Waals surface area contributed by atoms with Crippen LogP contribution in [0.2, 0.25) is 0 Å². The monoisotopic (exact) mass is 142 g/mol. The van der Waals surface area contributed by atoms with Crippen molar-refractivity contribution in [3.63, 3.8) is 0 Å². The third-order valence-corrected chi connectivity index (χ3v) is 1.59. The molecule has 2 unspecified atom stereocenters. The minimum Gasteiger partial charge on any atom is -0.369 e. The lowest BCUT2D eigenvalue weighted by Gasteiger charge is -2.11. The highest BCUT2D eigenvalue weighted by Gasteiger charge is 2.20. The van der Waals surface area contributed by atoms with Gasteiger partial charge >= 0.3 is 0 Å². The summed E-state index contributed by atoms with van der Waals surface area (Å²) in [5.41, 5.74) is 5.01. The van der Waals surface area contributed by atoms with Crippen LogP contribution >= 0.6 is 0 Å². The van der Waals surface area contributed by atoms with Gasteiger partial charge in [0.05, 0.1) is 0 Å². The summed E-state index contributed by atoms with van der Waals surface area (Å²) < 4.78 is 0. The van der Waals surface area contributed by atoms with Crippen LogP contribution in [0.1, 0.15) is 20.3 Å². The summed E-state index contributed by atoms with van der Waals surface area (Å²) in [5, 5.41) is 0. The second kappa shape index (κ2) is 4.04. The summed E-state index contributed by atoms with van der Waals surface area (Å²) in [6, 6.07) is 0. The molecule has 2 atom stereocenters. The first-order valence-corrected chi connectivity index (χ1v) is 3.30. The van der Waals surface area contributed by atoms with E-state index in [1.54, 1.807) is 13.2 Å². The molecular weight excluding hydrogens is 130 g/mol. The molecule has 0 aromatic carbocycles. The van der Waals surface area contributed by atoms with Gasteiger partial charge in [0.25, 0.3) is 0 Å². The number of carbonyl (C=O) groups is 1. The van der Waals surface area contributed by atoms with E-state index in [9.17, 15) is 9.59 Å². The molecule has 0 aliphatic rings. The van der Waals surface area contributed by atoms with Crippen LogP contribution in [-0.2, 0) is 9.59 Å². The molecule has 0 bridgehead atoms. The highest BCUT2D eigenvalue weighted by Crippen LogP contribution is 2.11. The SMILES string of the molecule is CCC(C(N)=O)C(C)[C]=O. The van der Waals surface area contributed by atoms with Crippen molar-refractivity contribution in [2.24, 2.45) is 17.6 Å². The largest absolute Gasteiger partial charge is 0.369 e. The molecular formula is C7H12NO2. The van der Waals surface area contributed by atoms with Gasteiger partial charge < -0.3 is 5.73 Å². The smallest absolute Gasteiger partial charge is 0.221 e. The number of hydrogen-bond donors (Lipinski definition) is 1. The highest BCUT2D eigenvalue weighted by atomic mass is 16.1. The highest BCUT2D eigenvalue weighted by molar-refractivity contribution is 5.80. The fourth-order valence-electron chi connectivity index (χ4n) is 0.883. The summed E-state index contributed by atoms with van der Waals surface area (Å²) >= 11 is 0. The maximum Gasteiger partial charge on any atom is 0.221 e. The van der Waals surface area contributed by atoms with E-state index in [0.717, 1.165) is 0 Å². The number of nitrogens with two attached hydrogens (primary N) is 1. The van der Waals surface area contributed by atoms with E-state index in [1.807, 2.05) is 6.92 Å². The Morgan fingerprint density at radius 1 is 1.70 bits per heavy atom. The van der Waals surface area contributed by atoms with Gasteiger partial charge in [-0.25, -0.2) is 0 Å². The molecule has 57 valence electrons. The van der Waals surface area contributed by atoms with Crippen LogP contribution in [0.15, 0.2) is 0 Å². The average Bonchev–Trinajstić information content (AvgIpc) is 1.88. The van der Waals surface area contributed by atoms with Crippen molar-refractivity contribution in [1.29, 1.82) is 0 Å². The Balaban J connectivity index is 4.05. The van der Waals surface area contributed by atoms with Crippen LogP contribution in [0.4, 0.5) is 0 Å². The number of amides is 1. The minimum atomic E-state index is -0.418. The maximum absolute atomic E-state index is 10.6. The lowest BCUT2D eigenvalue weighted by Crippen LogP contribution is -2.28. The summed E-state index contributed by atoms with van der Waals surface area (Å²) in [4.78, 5) is 20.7. The molecule has 1 amide bonds. The molecule has 0 saturated carbocycles. The average molecular weight is 142 g/mol. The maximum atomic E-state index is 10.6. The summed E-state index contributed by atoms with van der Waals surface area (Å²) in [5.74, 6) is -1.14. The van der Waals surface area contributed by atoms with Crippen LogP contribution in [0.3, 0.4) is 0 Å². The van der Waals surface area contributed by atoms with Gasteiger partial charge in [-0.3, -0.25) is 9.59 Å². The van der Waals surface area contributed by atoms with Gasteiger partial charge in [0, 0.05) is 11.8 Å². The second-order valence-electron chi connectivity index (χ2n) is 2.32. The summed E-state index contributed by atoms with van der Waals surface area (Å²) in [6.07, 6.45) is 2.35. The Kier molecular flexibility index (Phi) is 3.69. The minimum absolute atomic E-state index is 0.350. The first-order chi connectivity index (χ1) is 4.63. The van der Waals surface area contributed by atoms with Crippen LogP contribution < -0.4 is 5.73 Å². The van der Waals surface area contributed by atoms with Gasteiger partial charge in [-0.2, -0.15) is 0 Å². The Labute approximate surface area is 60.6 Å². The van der Waals surface area contributed by atoms with Crippen LogP contribution in [0.5, 0.6) is 0 Å². The molecule has 0 saturated heterocycles. The third-order valence-electron chi connectivity index (χ3n) is 1.59. The quantitative estimate of drug-likeness (QED) is 0.611. The van der Waals surface area contributed by atoms with Gasteiger partial charge in [-0.05, 0) is 6.42 Å². The zero-order valence-corrected chi connectivity index (χ0v) is 6.26. The van der Waals surface area contributed by atoms with Gasteiger partial charge in [0.1, 0.15) is 0 Å². The molecule has 0 rings (SSSR count). The Bertz CT molecular complexity index is 134. The zero-order valence-electron chi connectivity index (χ0n) is 6.26. The second-order valence-corrected chi connectivity index (χ2v) is 2.32. The summed E-state index contributed by atoms with van der Waals surface area (Å²) in [7, 11) is 0. The van der Waals surface area contributed by atoms with E-state index in [-0.39, 0.29) is 11.8 Å². The van der Waals surface area contributed by atoms with Crippen LogP contribution in [0, 0.1) is 11.8 Å². The van der Waals surface area contributed by atoms with Crippen molar-refractivity contribution in [2.45, 2.75) is 20.3 Å². The molecule has 0 aliphatic carbocycles. The Morgan fingerprint density at radius 3 is 2.30 bits per heavy atom. The zero-order chi connectivity index (χ0) is 8.15. The molecule has 10 heavy (non-hydrogen) atoms. The standard InChI is InChI=1S/C7H12NO2/c1-3-6(7(8)10)5(2)4-9/h5-6H,3H2,1-2H3,(H2,8,10). The normalized spacial score (nSPS) is 15.8. The lowest BCUT2D eigenvalue weighted by atomic mass is 9.92. The van der Waals surface area contributed by atoms with Crippen molar-refractivity contribution in [3.05, 3.63) is 0 Å². The first kappa shape index (κ1) is 9.14. The number of rotatable bonds is 4. The molecule has 1 radical (unpaired) electrons. The fraction of sp³-hybridized carbons (Fsp3) is 0.714. The van der Waals surface area contributed by atoms with Gasteiger partial charge in [0.15, 0.2) is 0 Å². The molecule has 0 aromatic heterocycles. The topological polar surface area (TPSA) is 60.2 Å². The number of hydrogen-bond acceptors (Lipinski definition) is 2. The van der Waals surface area contributed by atoms with Crippen molar-refractivity contribution in [3.8, 4) is 0 Å². The lowest BCUT2D eigenvalue weighted by molar-refractivity contribution is -0.122. The van der Waals surface area contributed by atoms with Crippen LogP contribution in [-0.4, -0.2) is 12.2 Å². The van der Waals surface area contributed by atoms with E-state index in [4.69, 9.17) is 5.73 Å². The predicted molar refractivity (Wildman–Crippen MR) is 37.8 cm³/mol. The predicted octanol–water partition coefficient (Wildman–Crippen LogP) is 0.244. The molecule has 3 heteroatoms. The van der Waals surface area contributed by atoms with Gasteiger partial charge in [-0.1, -0.05) is 13.8 Å². The molecule has 0 spiro atoms. The molecule has 3 nitrogen and oxygen atoms in total. The van der Waals surface area contributed by atoms with Crippen LogP contribution in [0.25, 0.3) is 0 Å². The Morgan fingerprint density at radius 2 is 2.20 bits per heavy atom. The molecule has 0 heterocycles. The summed E-state index contributed by atoms with van der Waals surface area (Å²) in [6.45, 7) is 3.47. The molecule has 0 aliphatic heterocycles. The number of carbonyl (C=O) groups excluding carboxylic acids is 2. The van der Waals surface area contributed by atoms with Crippen molar-refractivity contribution in [2.75, 3.05) is 0 Å². The van der Waals surface area contributed by atoms with E-state index in [0.29, 0.717) is 6.42 Å². The third kappa shape index (κ3) is 2.17. The molecule has 0 fully saturated rings. The number of primary amides is 1.